The smallest absolute Gasteiger partial charge is 0.223 e. The molecule has 7 nitrogen and oxygen atoms in total. The third kappa shape index (κ3) is 7.05. The maximum Gasteiger partial charge on any atom is 0.223 e. The number of hydrogen-bond acceptors (Lipinski definition) is 4. The second kappa shape index (κ2) is 14.0. The van der Waals surface area contributed by atoms with E-state index in [0.29, 0.717) is 36.5 Å². The van der Waals surface area contributed by atoms with Gasteiger partial charge in [-0.2, -0.15) is 0 Å². The quantitative estimate of drug-likeness (QED) is 0.193. The summed E-state index contributed by atoms with van der Waals surface area (Å²) in [6.07, 6.45) is 7.81. The number of imidazole rings is 1. The van der Waals surface area contributed by atoms with Gasteiger partial charge >= 0.3 is 0 Å². The zero-order valence-electron chi connectivity index (χ0n) is 30.4. The van der Waals surface area contributed by atoms with E-state index < -0.39 is 0 Å². The maximum atomic E-state index is 13.0. The van der Waals surface area contributed by atoms with Crippen LogP contribution in [-0.2, 0) is 9.59 Å². The number of H-pyrrole nitrogens is 1. The first kappa shape index (κ1) is 34.0. The summed E-state index contributed by atoms with van der Waals surface area (Å²) in [5, 5.41) is 2.36. The molecule has 3 aliphatic rings. The fourth-order valence-electron chi connectivity index (χ4n) is 8.10. The SMILES string of the molecule is CC(C)CC(=O)N1C[C@@H](C)CC1C1=NC=C(c2ccc(-c3ccc4cc(-c5cnc([C@@H]6C[C@H](C)CN6C(=O)CC(C)C)[nH]5)ccc4c3)cc2)C1. The van der Waals surface area contributed by atoms with Gasteiger partial charge in [-0.05, 0) is 81.7 Å². The largest absolute Gasteiger partial charge is 0.340 e. The van der Waals surface area contributed by atoms with Crippen molar-refractivity contribution in [3.8, 4) is 22.4 Å². The molecule has 4 atom stereocenters. The highest BCUT2D eigenvalue weighted by Crippen LogP contribution is 2.37. The van der Waals surface area contributed by atoms with E-state index in [9.17, 15) is 9.59 Å². The molecule has 4 aromatic rings. The Labute approximate surface area is 296 Å². The molecule has 3 aliphatic heterocycles. The number of likely N-dealkylation sites (tertiary alicyclic amines) is 2. The Kier molecular flexibility index (Phi) is 9.51. The maximum absolute atomic E-state index is 13.0. The monoisotopic (exact) mass is 669 g/mol. The van der Waals surface area contributed by atoms with E-state index in [-0.39, 0.29) is 23.9 Å². The summed E-state index contributed by atoms with van der Waals surface area (Å²) in [4.78, 5) is 43.3. The lowest BCUT2D eigenvalue weighted by molar-refractivity contribution is -0.133. The molecule has 50 heavy (non-hydrogen) atoms. The molecule has 0 radical (unpaired) electrons. The van der Waals surface area contributed by atoms with Crippen LogP contribution in [0.1, 0.15) is 91.1 Å². The molecule has 1 N–H and O–H groups in total. The van der Waals surface area contributed by atoms with Crippen LogP contribution in [0, 0.1) is 23.7 Å². The standard InChI is InChI=1S/C43H51N5O2/c1-26(2)15-41(49)47-24-28(5)17-39(47)37-21-36(22-44-37)31-9-7-30(8-10-31)32-11-12-34-20-35(14-13-33(34)19-32)38-23-45-43(46-38)40-18-29(6)25-48(40)42(50)16-27(3)4/h7-14,19-20,22-23,26-29,39-40H,15-18,21,24-25H2,1-6H3,(H,45,46)/t28-,29-,39?,40-/m0/s1. The minimum Gasteiger partial charge on any atom is -0.340 e. The number of aliphatic imine (C=N–C) groups is 1. The van der Waals surface area contributed by atoms with E-state index in [1.165, 1.54) is 33.0 Å². The van der Waals surface area contributed by atoms with Crippen LogP contribution in [0.4, 0.5) is 0 Å². The number of nitrogens with one attached hydrogen (secondary N) is 1. The number of hydrogen-bond donors (Lipinski definition) is 1. The number of benzene rings is 3. The van der Waals surface area contributed by atoms with Crippen molar-refractivity contribution in [2.45, 2.75) is 85.7 Å². The average molecular weight is 670 g/mol. The molecule has 2 fully saturated rings. The lowest BCUT2D eigenvalue weighted by Gasteiger charge is -2.26. The Morgan fingerprint density at radius 1 is 0.740 bits per heavy atom. The highest BCUT2D eigenvalue weighted by Gasteiger charge is 2.38. The van der Waals surface area contributed by atoms with Gasteiger partial charge in [-0.1, -0.05) is 90.1 Å². The van der Waals surface area contributed by atoms with Gasteiger partial charge in [0.05, 0.1) is 24.0 Å². The van der Waals surface area contributed by atoms with Crippen LogP contribution in [0.25, 0.3) is 38.7 Å². The second-order valence-electron chi connectivity index (χ2n) is 16.0. The molecular formula is C43H51N5O2. The number of aromatic nitrogens is 2. The molecule has 2 saturated heterocycles. The zero-order valence-corrected chi connectivity index (χ0v) is 30.4. The summed E-state index contributed by atoms with van der Waals surface area (Å²) < 4.78 is 0. The molecule has 0 spiro atoms. The Bertz CT molecular complexity index is 1950. The van der Waals surface area contributed by atoms with E-state index in [2.05, 4.69) is 112 Å². The zero-order chi connectivity index (χ0) is 35.1. The minimum atomic E-state index is 0.00523. The fourth-order valence-corrected chi connectivity index (χ4v) is 8.10. The molecule has 0 saturated carbocycles. The van der Waals surface area contributed by atoms with Gasteiger partial charge in [-0.3, -0.25) is 14.6 Å². The van der Waals surface area contributed by atoms with Gasteiger partial charge in [-0.25, -0.2) is 4.98 Å². The van der Waals surface area contributed by atoms with Crippen LogP contribution >= 0.6 is 0 Å². The van der Waals surface area contributed by atoms with Crippen molar-refractivity contribution in [3.63, 3.8) is 0 Å². The number of carbonyl (C=O) groups excluding carboxylic acids is 2. The molecule has 1 unspecified atom stereocenters. The molecule has 7 heteroatoms. The van der Waals surface area contributed by atoms with Crippen molar-refractivity contribution in [2.24, 2.45) is 28.7 Å². The molecule has 0 bridgehead atoms. The average Bonchev–Trinajstić information content (AvgIpc) is 3.90. The highest BCUT2D eigenvalue weighted by atomic mass is 16.2. The molecule has 4 heterocycles. The van der Waals surface area contributed by atoms with Gasteiger partial charge in [0, 0.05) is 49.8 Å². The second-order valence-corrected chi connectivity index (χ2v) is 16.0. The topological polar surface area (TPSA) is 81.7 Å². The molecule has 260 valence electrons. The van der Waals surface area contributed by atoms with Gasteiger partial charge < -0.3 is 14.8 Å². The Morgan fingerprint density at radius 2 is 1.28 bits per heavy atom. The van der Waals surface area contributed by atoms with Crippen molar-refractivity contribution in [3.05, 3.63) is 84.4 Å². The summed E-state index contributed by atoms with van der Waals surface area (Å²) in [7, 11) is 0. The number of nitrogens with zero attached hydrogens (tertiary/aromatic N) is 4. The molecule has 1 aromatic heterocycles. The predicted octanol–water partition coefficient (Wildman–Crippen LogP) is 9.32. The Balaban J connectivity index is 1.02. The summed E-state index contributed by atoms with van der Waals surface area (Å²) in [5.41, 5.74) is 7.94. The van der Waals surface area contributed by atoms with Crippen LogP contribution in [0.15, 0.2) is 78.1 Å². The van der Waals surface area contributed by atoms with Gasteiger partial charge in [-0.15, -0.1) is 0 Å². The normalized spacial score (nSPS) is 22.2. The number of rotatable bonds is 9. The molecule has 2 amide bonds. The van der Waals surface area contributed by atoms with E-state index in [4.69, 9.17) is 9.98 Å². The first-order chi connectivity index (χ1) is 24.0. The van der Waals surface area contributed by atoms with Crippen LogP contribution in [0.2, 0.25) is 0 Å². The number of aromatic amines is 1. The lowest BCUT2D eigenvalue weighted by atomic mass is 9.95. The third-order valence-corrected chi connectivity index (χ3v) is 10.6. The molecular weight excluding hydrogens is 619 g/mol. The van der Waals surface area contributed by atoms with Crippen LogP contribution in [-0.4, -0.2) is 56.4 Å². The minimum absolute atomic E-state index is 0.00523. The summed E-state index contributed by atoms with van der Waals surface area (Å²) >= 11 is 0. The van der Waals surface area contributed by atoms with E-state index in [0.717, 1.165) is 55.1 Å². The van der Waals surface area contributed by atoms with Crippen molar-refractivity contribution in [1.29, 1.82) is 0 Å². The Morgan fingerprint density at radius 3 is 1.92 bits per heavy atom. The van der Waals surface area contributed by atoms with Crippen molar-refractivity contribution >= 4 is 33.9 Å². The summed E-state index contributed by atoms with van der Waals surface area (Å²) in [6, 6.07) is 22.1. The van der Waals surface area contributed by atoms with Crippen LogP contribution in [0.5, 0.6) is 0 Å². The van der Waals surface area contributed by atoms with Gasteiger partial charge in [0.15, 0.2) is 0 Å². The van der Waals surface area contributed by atoms with Crippen LogP contribution in [0.3, 0.4) is 0 Å². The van der Waals surface area contributed by atoms with Crippen molar-refractivity contribution < 1.29 is 9.59 Å². The Hall–Kier alpha value is -4.52. The fraction of sp³-hybridized carbons (Fsp3) is 0.442. The van der Waals surface area contributed by atoms with Crippen molar-refractivity contribution in [1.82, 2.24) is 19.8 Å². The van der Waals surface area contributed by atoms with Gasteiger partial charge in [0.1, 0.15) is 5.82 Å². The van der Waals surface area contributed by atoms with Gasteiger partial charge in [0.25, 0.3) is 0 Å². The lowest BCUT2D eigenvalue weighted by Crippen LogP contribution is -2.40. The van der Waals surface area contributed by atoms with E-state index in [1.807, 2.05) is 17.3 Å². The third-order valence-electron chi connectivity index (χ3n) is 10.6. The van der Waals surface area contributed by atoms with Crippen LogP contribution < -0.4 is 0 Å². The van der Waals surface area contributed by atoms with E-state index >= 15 is 0 Å². The van der Waals surface area contributed by atoms with E-state index in [1.54, 1.807) is 0 Å². The number of amides is 2. The molecule has 3 aromatic carbocycles. The predicted molar refractivity (Wildman–Crippen MR) is 203 cm³/mol. The summed E-state index contributed by atoms with van der Waals surface area (Å²) in [6.45, 7) is 14.5. The summed E-state index contributed by atoms with van der Waals surface area (Å²) in [5.74, 6) is 3.02. The molecule has 7 rings (SSSR count). The van der Waals surface area contributed by atoms with Gasteiger partial charge in [0.2, 0.25) is 11.8 Å². The number of allylic oxidation sites excluding steroid dienone is 1. The number of fused-ring (bicyclic) bond motifs is 1. The first-order valence-electron chi connectivity index (χ1n) is 18.6. The van der Waals surface area contributed by atoms with Crippen molar-refractivity contribution in [2.75, 3.05) is 13.1 Å². The number of carbonyl (C=O) groups is 2. The molecule has 0 aliphatic carbocycles. The highest BCUT2D eigenvalue weighted by molar-refractivity contribution is 6.03. The first-order valence-corrected chi connectivity index (χ1v) is 18.6.